The maximum absolute atomic E-state index is 12.5. The summed E-state index contributed by atoms with van der Waals surface area (Å²) in [6.45, 7) is 3.31. The summed E-state index contributed by atoms with van der Waals surface area (Å²) in [5.41, 5.74) is 3.11. The molecule has 0 bridgehead atoms. The van der Waals surface area contributed by atoms with Crippen LogP contribution in [0.3, 0.4) is 0 Å². The lowest BCUT2D eigenvalue weighted by Crippen LogP contribution is -2.38. The molecular weight excluding hydrogens is 292 g/mol. The number of H-pyrrole nitrogens is 1. The van der Waals surface area contributed by atoms with Crippen molar-refractivity contribution in [2.75, 3.05) is 13.2 Å². The van der Waals surface area contributed by atoms with Crippen molar-refractivity contribution in [1.29, 1.82) is 0 Å². The van der Waals surface area contributed by atoms with Gasteiger partial charge in [0.1, 0.15) is 0 Å². The van der Waals surface area contributed by atoms with Gasteiger partial charge >= 0.3 is 0 Å². The molecule has 1 amide bonds. The standard InChI is InChI=1S/C17H22N4O2/c1-12-4-2-7-18-15(12)6-8-19-17(22)14-5-3-9-23-16(14)13-10-20-21-11-13/h2,4,7,10-11,14,16H,3,5-6,8-9H2,1H3,(H,19,22)(H,20,21)/t14-,16+/m1/s1. The molecule has 6 nitrogen and oxygen atoms in total. The normalized spacial score (nSPS) is 21.1. The molecule has 3 rings (SSSR count). The second kappa shape index (κ2) is 7.37. The van der Waals surface area contributed by atoms with Gasteiger partial charge in [-0.2, -0.15) is 5.10 Å². The Morgan fingerprint density at radius 2 is 2.43 bits per heavy atom. The number of nitrogens with one attached hydrogen (secondary N) is 2. The first-order chi connectivity index (χ1) is 11.3. The van der Waals surface area contributed by atoms with E-state index < -0.39 is 0 Å². The summed E-state index contributed by atoms with van der Waals surface area (Å²) in [4.78, 5) is 16.9. The highest BCUT2D eigenvalue weighted by Crippen LogP contribution is 2.33. The quantitative estimate of drug-likeness (QED) is 0.884. The molecule has 1 fully saturated rings. The molecule has 3 heterocycles. The lowest BCUT2D eigenvalue weighted by molar-refractivity contribution is -0.134. The third-order valence-electron chi connectivity index (χ3n) is 4.29. The van der Waals surface area contributed by atoms with E-state index in [1.165, 1.54) is 0 Å². The molecule has 23 heavy (non-hydrogen) atoms. The van der Waals surface area contributed by atoms with Gasteiger partial charge in [-0.3, -0.25) is 14.9 Å². The van der Waals surface area contributed by atoms with Gasteiger partial charge in [0.2, 0.25) is 5.91 Å². The third kappa shape index (κ3) is 3.76. The van der Waals surface area contributed by atoms with Crippen molar-refractivity contribution < 1.29 is 9.53 Å². The Balaban J connectivity index is 1.57. The van der Waals surface area contributed by atoms with Crippen LogP contribution in [0.1, 0.15) is 35.8 Å². The van der Waals surface area contributed by atoms with Crippen LogP contribution >= 0.6 is 0 Å². The zero-order valence-electron chi connectivity index (χ0n) is 13.3. The Labute approximate surface area is 135 Å². The van der Waals surface area contributed by atoms with Gasteiger partial charge in [0.05, 0.1) is 18.2 Å². The lowest BCUT2D eigenvalue weighted by atomic mass is 9.90. The van der Waals surface area contributed by atoms with E-state index in [9.17, 15) is 4.79 Å². The van der Waals surface area contributed by atoms with E-state index in [1.54, 1.807) is 18.6 Å². The first-order valence-electron chi connectivity index (χ1n) is 8.04. The molecule has 2 atom stereocenters. The Bertz CT molecular complexity index is 642. The summed E-state index contributed by atoms with van der Waals surface area (Å²) in [7, 11) is 0. The molecule has 0 radical (unpaired) electrons. The van der Waals surface area contributed by atoms with Gasteiger partial charge in [-0.05, 0) is 31.4 Å². The Hall–Kier alpha value is -2.21. The number of rotatable bonds is 5. The zero-order chi connectivity index (χ0) is 16.1. The van der Waals surface area contributed by atoms with Gasteiger partial charge in [0.15, 0.2) is 0 Å². The van der Waals surface area contributed by atoms with Crippen LogP contribution in [0, 0.1) is 12.8 Å². The Kier molecular flexibility index (Phi) is 5.02. The van der Waals surface area contributed by atoms with E-state index in [2.05, 4.69) is 20.5 Å². The molecule has 2 N–H and O–H groups in total. The second-order valence-electron chi connectivity index (χ2n) is 5.88. The molecular formula is C17H22N4O2. The Morgan fingerprint density at radius 3 is 3.22 bits per heavy atom. The number of carbonyl (C=O) groups excluding carboxylic acids is 1. The van der Waals surface area contributed by atoms with Gasteiger partial charge in [-0.15, -0.1) is 0 Å². The number of aromatic nitrogens is 3. The van der Waals surface area contributed by atoms with Crippen molar-refractivity contribution in [1.82, 2.24) is 20.5 Å². The number of ether oxygens (including phenoxy) is 1. The number of hydrogen-bond acceptors (Lipinski definition) is 4. The first-order valence-corrected chi connectivity index (χ1v) is 8.04. The molecule has 0 unspecified atom stereocenters. The summed E-state index contributed by atoms with van der Waals surface area (Å²) in [5, 5.41) is 9.78. The summed E-state index contributed by atoms with van der Waals surface area (Å²) in [6, 6.07) is 3.96. The summed E-state index contributed by atoms with van der Waals surface area (Å²) in [6.07, 6.45) is 7.59. The van der Waals surface area contributed by atoms with Gasteiger partial charge in [0, 0.05) is 43.2 Å². The molecule has 6 heteroatoms. The van der Waals surface area contributed by atoms with E-state index in [0.29, 0.717) is 13.2 Å². The van der Waals surface area contributed by atoms with Gasteiger partial charge < -0.3 is 10.1 Å². The van der Waals surface area contributed by atoms with Gasteiger partial charge in [0.25, 0.3) is 0 Å². The molecule has 1 aliphatic rings. The highest BCUT2D eigenvalue weighted by Gasteiger charge is 2.33. The minimum Gasteiger partial charge on any atom is -0.373 e. The van der Waals surface area contributed by atoms with Crippen LogP contribution in [0.2, 0.25) is 0 Å². The van der Waals surface area contributed by atoms with Crippen LogP contribution in [-0.4, -0.2) is 34.2 Å². The van der Waals surface area contributed by atoms with Crippen LogP contribution in [-0.2, 0) is 16.0 Å². The third-order valence-corrected chi connectivity index (χ3v) is 4.29. The fourth-order valence-electron chi connectivity index (χ4n) is 3.01. The largest absolute Gasteiger partial charge is 0.373 e. The summed E-state index contributed by atoms with van der Waals surface area (Å²) in [5.74, 6) is -0.115. The predicted octanol–water partition coefficient (Wildman–Crippen LogP) is 1.94. The monoisotopic (exact) mass is 314 g/mol. The van der Waals surface area contributed by atoms with Gasteiger partial charge in [-0.25, -0.2) is 0 Å². The highest BCUT2D eigenvalue weighted by atomic mass is 16.5. The number of nitrogens with zero attached hydrogens (tertiary/aromatic N) is 2. The number of aryl methyl sites for hydroxylation is 1. The summed E-state index contributed by atoms with van der Waals surface area (Å²) >= 11 is 0. The average molecular weight is 314 g/mol. The fraction of sp³-hybridized carbons (Fsp3) is 0.471. The second-order valence-corrected chi connectivity index (χ2v) is 5.88. The number of pyridine rings is 1. The van der Waals surface area contributed by atoms with Gasteiger partial charge in [-0.1, -0.05) is 6.07 Å². The molecule has 122 valence electrons. The predicted molar refractivity (Wildman–Crippen MR) is 85.7 cm³/mol. The summed E-state index contributed by atoms with van der Waals surface area (Å²) < 4.78 is 5.81. The number of hydrogen-bond donors (Lipinski definition) is 2. The fourth-order valence-corrected chi connectivity index (χ4v) is 3.01. The van der Waals surface area contributed by atoms with E-state index in [-0.39, 0.29) is 17.9 Å². The average Bonchev–Trinajstić information content (AvgIpc) is 3.11. The van der Waals surface area contributed by atoms with Crippen molar-refractivity contribution in [2.24, 2.45) is 5.92 Å². The molecule has 0 spiro atoms. The number of carbonyl (C=O) groups is 1. The maximum Gasteiger partial charge on any atom is 0.226 e. The SMILES string of the molecule is Cc1cccnc1CCNC(=O)[C@@H]1CCCO[C@H]1c1cn[nH]c1. The molecule has 0 aliphatic carbocycles. The molecule has 1 saturated heterocycles. The molecule has 0 aromatic carbocycles. The minimum absolute atomic E-state index is 0.0458. The van der Waals surface area contributed by atoms with Crippen molar-refractivity contribution in [2.45, 2.75) is 32.3 Å². The van der Waals surface area contributed by atoms with E-state index >= 15 is 0 Å². The van der Waals surface area contributed by atoms with E-state index in [0.717, 1.165) is 36.1 Å². The zero-order valence-corrected chi connectivity index (χ0v) is 13.3. The first kappa shape index (κ1) is 15.7. The molecule has 0 saturated carbocycles. The maximum atomic E-state index is 12.5. The Morgan fingerprint density at radius 1 is 1.52 bits per heavy atom. The lowest BCUT2D eigenvalue weighted by Gasteiger charge is -2.30. The highest BCUT2D eigenvalue weighted by molar-refractivity contribution is 5.79. The molecule has 2 aromatic heterocycles. The number of aromatic amines is 1. The van der Waals surface area contributed by atoms with E-state index in [1.807, 2.05) is 19.1 Å². The van der Waals surface area contributed by atoms with Crippen LogP contribution in [0.5, 0.6) is 0 Å². The van der Waals surface area contributed by atoms with Crippen molar-refractivity contribution in [3.63, 3.8) is 0 Å². The van der Waals surface area contributed by atoms with Crippen molar-refractivity contribution in [3.8, 4) is 0 Å². The van der Waals surface area contributed by atoms with Crippen LogP contribution in [0.4, 0.5) is 0 Å². The van der Waals surface area contributed by atoms with E-state index in [4.69, 9.17) is 4.74 Å². The number of amides is 1. The van der Waals surface area contributed by atoms with Crippen LogP contribution in [0.25, 0.3) is 0 Å². The molecule has 2 aromatic rings. The topological polar surface area (TPSA) is 79.9 Å². The van der Waals surface area contributed by atoms with Crippen molar-refractivity contribution in [3.05, 3.63) is 47.5 Å². The molecule has 1 aliphatic heterocycles. The van der Waals surface area contributed by atoms with Crippen molar-refractivity contribution >= 4 is 5.91 Å². The van der Waals surface area contributed by atoms with Crippen LogP contribution < -0.4 is 5.32 Å². The minimum atomic E-state index is -0.209. The smallest absolute Gasteiger partial charge is 0.226 e. The van der Waals surface area contributed by atoms with Crippen LogP contribution in [0.15, 0.2) is 30.7 Å².